The molecule has 0 saturated heterocycles. The molecule has 3 heteroatoms. The summed E-state index contributed by atoms with van der Waals surface area (Å²) < 4.78 is 0. The SMILES string of the molecule is C=C(CC)CC(CO)NC=O. The lowest BCUT2D eigenvalue weighted by atomic mass is 10.1. The molecule has 0 heterocycles. The summed E-state index contributed by atoms with van der Waals surface area (Å²) in [6.45, 7) is 5.74. The first-order valence-electron chi connectivity index (χ1n) is 3.71. The zero-order chi connectivity index (χ0) is 8.69. The van der Waals surface area contributed by atoms with Gasteiger partial charge in [-0.05, 0) is 12.8 Å². The maximum atomic E-state index is 9.99. The van der Waals surface area contributed by atoms with Crippen molar-refractivity contribution in [3.05, 3.63) is 12.2 Å². The third kappa shape index (κ3) is 4.56. The van der Waals surface area contributed by atoms with Gasteiger partial charge in [-0.25, -0.2) is 0 Å². The van der Waals surface area contributed by atoms with Crippen molar-refractivity contribution in [2.75, 3.05) is 6.61 Å². The highest BCUT2D eigenvalue weighted by Crippen LogP contribution is 2.05. The molecule has 0 fully saturated rings. The Kier molecular flexibility index (Phi) is 5.47. The van der Waals surface area contributed by atoms with E-state index in [-0.39, 0.29) is 12.6 Å². The molecule has 0 aliphatic heterocycles. The number of amides is 1. The molecule has 0 aliphatic carbocycles. The number of aliphatic hydroxyl groups is 1. The van der Waals surface area contributed by atoms with Crippen molar-refractivity contribution in [3.63, 3.8) is 0 Å². The molecule has 1 amide bonds. The average molecular weight is 157 g/mol. The Bertz CT molecular complexity index is 134. The molecule has 0 aromatic heterocycles. The van der Waals surface area contributed by atoms with Crippen molar-refractivity contribution >= 4 is 6.41 Å². The van der Waals surface area contributed by atoms with Gasteiger partial charge in [0, 0.05) is 0 Å². The lowest BCUT2D eigenvalue weighted by molar-refractivity contribution is -0.110. The van der Waals surface area contributed by atoms with Crippen LogP contribution in [-0.2, 0) is 4.79 Å². The zero-order valence-electron chi connectivity index (χ0n) is 6.84. The van der Waals surface area contributed by atoms with Crippen LogP contribution in [0, 0.1) is 0 Å². The third-order valence-electron chi connectivity index (χ3n) is 1.56. The highest BCUT2D eigenvalue weighted by atomic mass is 16.3. The Morgan fingerprint density at radius 2 is 2.45 bits per heavy atom. The van der Waals surface area contributed by atoms with Crippen LogP contribution in [0.5, 0.6) is 0 Å². The van der Waals surface area contributed by atoms with Gasteiger partial charge in [0.05, 0.1) is 12.6 Å². The van der Waals surface area contributed by atoms with Gasteiger partial charge in [0.2, 0.25) is 6.41 Å². The summed E-state index contributed by atoms with van der Waals surface area (Å²) in [4.78, 5) is 9.99. The molecule has 0 aromatic rings. The number of hydrogen-bond acceptors (Lipinski definition) is 2. The number of carbonyl (C=O) groups excluding carboxylic acids is 1. The Morgan fingerprint density at radius 3 is 2.82 bits per heavy atom. The van der Waals surface area contributed by atoms with Crippen molar-refractivity contribution in [2.24, 2.45) is 0 Å². The monoisotopic (exact) mass is 157 g/mol. The Labute approximate surface area is 67.1 Å². The maximum absolute atomic E-state index is 9.99. The standard InChI is InChI=1S/C8H15NO2/c1-3-7(2)4-8(5-10)9-6-11/h6,8,10H,2-5H2,1H3,(H,9,11). The molecule has 2 N–H and O–H groups in total. The predicted molar refractivity (Wildman–Crippen MR) is 44.1 cm³/mol. The zero-order valence-corrected chi connectivity index (χ0v) is 6.84. The number of carbonyl (C=O) groups is 1. The van der Waals surface area contributed by atoms with Crippen LogP contribution in [0.2, 0.25) is 0 Å². The Balaban J connectivity index is 3.67. The van der Waals surface area contributed by atoms with E-state index in [9.17, 15) is 4.79 Å². The number of aliphatic hydroxyl groups excluding tert-OH is 1. The van der Waals surface area contributed by atoms with Crippen molar-refractivity contribution < 1.29 is 9.90 Å². The van der Waals surface area contributed by atoms with Crippen LogP contribution in [0.3, 0.4) is 0 Å². The van der Waals surface area contributed by atoms with Gasteiger partial charge in [-0.2, -0.15) is 0 Å². The molecule has 11 heavy (non-hydrogen) atoms. The number of nitrogens with one attached hydrogen (secondary N) is 1. The minimum absolute atomic E-state index is 0.0300. The van der Waals surface area contributed by atoms with E-state index >= 15 is 0 Å². The minimum Gasteiger partial charge on any atom is -0.394 e. The van der Waals surface area contributed by atoms with Gasteiger partial charge in [0.1, 0.15) is 0 Å². The molecule has 0 saturated carbocycles. The average Bonchev–Trinajstić information content (AvgIpc) is 2.03. The van der Waals surface area contributed by atoms with E-state index in [4.69, 9.17) is 5.11 Å². The second kappa shape index (κ2) is 5.92. The van der Waals surface area contributed by atoms with Crippen molar-refractivity contribution in [1.29, 1.82) is 0 Å². The van der Waals surface area contributed by atoms with Gasteiger partial charge >= 0.3 is 0 Å². The molecular formula is C8H15NO2. The lowest BCUT2D eigenvalue weighted by Gasteiger charge is -2.13. The van der Waals surface area contributed by atoms with Gasteiger partial charge < -0.3 is 10.4 Å². The molecule has 1 atom stereocenters. The molecule has 1 unspecified atom stereocenters. The van der Waals surface area contributed by atoms with Crippen LogP contribution < -0.4 is 5.32 Å². The van der Waals surface area contributed by atoms with Crippen LogP contribution >= 0.6 is 0 Å². The fourth-order valence-electron chi connectivity index (χ4n) is 0.765. The van der Waals surface area contributed by atoms with Crippen LogP contribution in [0.4, 0.5) is 0 Å². The second-order valence-electron chi connectivity index (χ2n) is 2.47. The molecule has 0 aliphatic rings. The molecule has 0 rings (SSSR count). The summed E-state index contributed by atoms with van der Waals surface area (Å²) in [7, 11) is 0. The van der Waals surface area contributed by atoms with Gasteiger partial charge in [-0.1, -0.05) is 19.1 Å². The minimum atomic E-state index is -0.167. The summed E-state index contributed by atoms with van der Waals surface area (Å²) in [5.74, 6) is 0. The first kappa shape index (κ1) is 10.2. The van der Waals surface area contributed by atoms with Gasteiger partial charge in [-0.15, -0.1) is 0 Å². The molecular weight excluding hydrogens is 142 g/mol. The van der Waals surface area contributed by atoms with E-state index in [0.29, 0.717) is 12.8 Å². The van der Waals surface area contributed by atoms with Crippen LogP contribution in [0.1, 0.15) is 19.8 Å². The fourth-order valence-corrected chi connectivity index (χ4v) is 0.765. The van der Waals surface area contributed by atoms with Gasteiger partial charge in [0.25, 0.3) is 0 Å². The highest BCUT2D eigenvalue weighted by molar-refractivity contribution is 5.46. The largest absolute Gasteiger partial charge is 0.394 e. The summed E-state index contributed by atoms with van der Waals surface area (Å²) in [6.07, 6.45) is 2.15. The highest BCUT2D eigenvalue weighted by Gasteiger charge is 2.05. The van der Waals surface area contributed by atoms with Crippen molar-refractivity contribution in [3.8, 4) is 0 Å². The Morgan fingerprint density at radius 1 is 1.82 bits per heavy atom. The Hall–Kier alpha value is -0.830. The summed E-state index contributed by atoms with van der Waals surface area (Å²) in [6, 6.07) is -0.167. The maximum Gasteiger partial charge on any atom is 0.207 e. The van der Waals surface area contributed by atoms with E-state index in [1.165, 1.54) is 0 Å². The molecule has 0 bridgehead atoms. The second-order valence-corrected chi connectivity index (χ2v) is 2.47. The normalized spacial score (nSPS) is 12.2. The molecule has 0 radical (unpaired) electrons. The van der Waals surface area contributed by atoms with Crippen molar-refractivity contribution in [2.45, 2.75) is 25.8 Å². The van der Waals surface area contributed by atoms with E-state index in [0.717, 1.165) is 12.0 Å². The molecule has 0 aromatic carbocycles. The first-order chi connectivity index (χ1) is 5.24. The van der Waals surface area contributed by atoms with E-state index in [1.807, 2.05) is 6.92 Å². The van der Waals surface area contributed by atoms with E-state index in [1.54, 1.807) is 0 Å². The molecule has 3 nitrogen and oxygen atoms in total. The third-order valence-corrected chi connectivity index (χ3v) is 1.56. The summed E-state index contributed by atoms with van der Waals surface area (Å²) >= 11 is 0. The predicted octanol–water partition coefficient (Wildman–Crippen LogP) is 0.450. The molecule has 0 spiro atoms. The first-order valence-corrected chi connectivity index (χ1v) is 3.71. The van der Waals surface area contributed by atoms with E-state index < -0.39 is 0 Å². The number of rotatable bonds is 6. The van der Waals surface area contributed by atoms with Crippen LogP contribution in [0.25, 0.3) is 0 Å². The fraction of sp³-hybridized carbons (Fsp3) is 0.625. The van der Waals surface area contributed by atoms with Gasteiger partial charge in [0.15, 0.2) is 0 Å². The summed E-state index contributed by atoms with van der Waals surface area (Å²) in [5, 5.41) is 11.2. The number of hydrogen-bond donors (Lipinski definition) is 2. The van der Waals surface area contributed by atoms with Crippen LogP contribution in [0.15, 0.2) is 12.2 Å². The van der Waals surface area contributed by atoms with Crippen LogP contribution in [-0.4, -0.2) is 24.2 Å². The smallest absolute Gasteiger partial charge is 0.207 e. The quantitative estimate of drug-likeness (QED) is 0.434. The van der Waals surface area contributed by atoms with E-state index in [2.05, 4.69) is 11.9 Å². The topological polar surface area (TPSA) is 49.3 Å². The lowest BCUT2D eigenvalue weighted by Crippen LogP contribution is -2.31. The van der Waals surface area contributed by atoms with Gasteiger partial charge in [-0.3, -0.25) is 4.79 Å². The van der Waals surface area contributed by atoms with Crippen molar-refractivity contribution in [1.82, 2.24) is 5.32 Å². The molecule has 64 valence electrons. The summed E-state index contributed by atoms with van der Waals surface area (Å²) in [5.41, 5.74) is 1.04.